The number of nitrogens with zero attached hydrogens (tertiary/aromatic N) is 2. The number of halogens is 1. The van der Waals surface area contributed by atoms with Crippen LogP contribution in [-0.2, 0) is 10.2 Å². The van der Waals surface area contributed by atoms with Gasteiger partial charge in [-0.3, -0.25) is 14.0 Å². The van der Waals surface area contributed by atoms with E-state index < -0.39 is 17.2 Å². The maximum absolute atomic E-state index is 13.9. The number of hydrogen-bond acceptors (Lipinski definition) is 3. The summed E-state index contributed by atoms with van der Waals surface area (Å²) < 4.78 is 15.6. The van der Waals surface area contributed by atoms with E-state index in [0.29, 0.717) is 45.9 Å². The van der Waals surface area contributed by atoms with Crippen LogP contribution in [0.1, 0.15) is 32.4 Å². The molecule has 4 aromatic rings. The lowest BCUT2D eigenvalue weighted by molar-refractivity contribution is -0.144. The molecule has 138 valence electrons. The first-order valence-corrected chi connectivity index (χ1v) is 8.78. The van der Waals surface area contributed by atoms with Crippen molar-refractivity contribution < 1.29 is 14.3 Å². The fraction of sp³-hybridized carbons (Fsp3) is 0.250. The topological polar surface area (TPSA) is 87.5 Å². The number of imidazole rings is 1. The van der Waals surface area contributed by atoms with Gasteiger partial charge in [-0.05, 0) is 37.1 Å². The molecule has 0 fully saturated rings. The molecule has 27 heavy (non-hydrogen) atoms. The van der Waals surface area contributed by atoms with Gasteiger partial charge < -0.3 is 10.1 Å². The number of carbonyl (C=O) groups is 1. The summed E-state index contributed by atoms with van der Waals surface area (Å²) in [6.07, 6.45) is 3.96. The molecule has 0 unspecified atom stereocenters. The van der Waals surface area contributed by atoms with Crippen LogP contribution >= 0.6 is 0 Å². The summed E-state index contributed by atoms with van der Waals surface area (Å²) in [4.78, 5) is 31.8. The molecule has 0 radical (unpaired) electrons. The van der Waals surface area contributed by atoms with Gasteiger partial charge in [0.15, 0.2) is 0 Å². The fourth-order valence-corrected chi connectivity index (χ4v) is 3.86. The number of aromatic nitrogens is 3. The smallest absolute Gasteiger partial charge is 0.315 e. The molecular weight excluding hydrogens is 349 g/mol. The predicted octanol–water partition coefficient (Wildman–Crippen LogP) is 3.61. The Hall–Kier alpha value is -3.22. The Morgan fingerprint density at radius 2 is 2.00 bits per heavy atom. The zero-order chi connectivity index (χ0) is 19.3. The Morgan fingerprint density at radius 3 is 2.67 bits per heavy atom. The summed E-state index contributed by atoms with van der Waals surface area (Å²) in [5.41, 5.74) is 0.0307. The molecule has 0 atom stereocenters. The molecule has 0 aliphatic rings. The van der Waals surface area contributed by atoms with Crippen LogP contribution in [-0.4, -0.2) is 25.4 Å². The van der Waals surface area contributed by atoms with E-state index >= 15 is 0 Å². The minimum Gasteiger partial charge on any atom is -0.481 e. The van der Waals surface area contributed by atoms with Crippen molar-refractivity contribution in [3.63, 3.8) is 0 Å². The first-order valence-electron chi connectivity index (χ1n) is 8.78. The molecule has 3 heterocycles. The van der Waals surface area contributed by atoms with Crippen molar-refractivity contribution in [2.24, 2.45) is 0 Å². The Kier molecular flexibility index (Phi) is 3.76. The highest BCUT2D eigenvalue weighted by Crippen LogP contribution is 2.35. The number of aliphatic carboxylic acids is 1. The zero-order valence-corrected chi connectivity index (χ0v) is 14.9. The third kappa shape index (κ3) is 2.27. The second-order valence-electron chi connectivity index (χ2n) is 6.67. The molecule has 1 aromatic carbocycles. The molecule has 0 aliphatic heterocycles. The lowest BCUT2D eigenvalue weighted by Crippen LogP contribution is -2.34. The predicted molar refractivity (Wildman–Crippen MR) is 101 cm³/mol. The maximum atomic E-state index is 13.9. The standard InChI is InChI=1S/C20H18FN3O3/c1-3-20(4-2,19(26)27)15-10-24-14-7-8-22-18(25)16(14)13-9-11(21)5-6-12(13)17(24)23-15/h5-10H,3-4H2,1-2H3,(H,22,25)(H,26,27). The van der Waals surface area contributed by atoms with Crippen molar-refractivity contribution in [1.82, 2.24) is 14.4 Å². The highest BCUT2D eigenvalue weighted by molar-refractivity contribution is 6.11. The van der Waals surface area contributed by atoms with E-state index in [1.165, 1.54) is 18.3 Å². The van der Waals surface area contributed by atoms with Crippen molar-refractivity contribution in [2.75, 3.05) is 0 Å². The molecule has 6 nitrogen and oxygen atoms in total. The van der Waals surface area contributed by atoms with Gasteiger partial charge in [-0.15, -0.1) is 0 Å². The molecule has 0 aliphatic carbocycles. The monoisotopic (exact) mass is 367 g/mol. The van der Waals surface area contributed by atoms with Gasteiger partial charge in [-0.25, -0.2) is 9.37 Å². The Bertz CT molecular complexity index is 1270. The summed E-state index contributed by atoms with van der Waals surface area (Å²) in [7, 11) is 0. The second kappa shape index (κ2) is 5.90. The quantitative estimate of drug-likeness (QED) is 0.540. The number of aromatic amines is 1. The average Bonchev–Trinajstić information content (AvgIpc) is 3.09. The number of benzene rings is 1. The van der Waals surface area contributed by atoms with Crippen molar-refractivity contribution in [1.29, 1.82) is 0 Å². The molecule has 4 rings (SSSR count). The van der Waals surface area contributed by atoms with E-state index in [-0.39, 0.29) is 5.56 Å². The normalized spacial score (nSPS) is 12.3. The molecule has 7 heteroatoms. The van der Waals surface area contributed by atoms with E-state index in [4.69, 9.17) is 0 Å². The SMILES string of the molecule is CCC(CC)(C(=O)O)c1cn2c3cc[nH]c(=O)c3c3cc(F)ccc3c2n1. The van der Waals surface area contributed by atoms with Crippen LogP contribution in [0, 0.1) is 5.82 Å². The first kappa shape index (κ1) is 17.2. The van der Waals surface area contributed by atoms with Crippen LogP contribution in [0.4, 0.5) is 4.39 Å². The van der Waals surface area contributed by atoms with Crippen molar-refractivity contribution in [3.05, 3.63) is 58.5 Å². The van der Waals surface area contributed by atoms with Gasteiger partial charge in [0, 0.05) is 23.2 Å². The third-order valence-corrected chi connectivity index (χ3v) is 5.50. The van der Waals surface area contributed by atoms with Crippen LogP contribution in [0.3, 0.4) is 0 Å². The molecular formula is C20H18FN3O3. The van der Waals surface area contributed by atoms with Crippen LogP contribution in [0.2, 0.25) is 0 Å². The van der Waals surface area contributed by atoms with Crippen molar-refractivity contribution in [2.45, 2.75) is 32.1 Å². The number of hydrogen-bond donors (Lipinski definition) is 2. The molecule has 0 spiro atoms. The molecule has 3 aromatic heterocycles. The van der Waals surface area contributed by atoms with Crippen LogP contribution in [0.25, 0.3) is 27.3 Å². The summed E-state index contributed by atoms with van der Waals surface area (Å²) in [5, 5.41) is 11.2. The number of fused-ring (bicyclic) bond motifs is 6. The number of pyridine rings is 2. The Labute approximate surface area is 153 Å². The molecule has 0 amide bonds. The number of nitrogens with one attached hydrogen (secondary N) is 1. The summed E-state index contributed by atoms with van der Waals surface area (Å²) in [6.45, 7) is 3.63. The largest absolute Gasteiger partial charge is 0.481 e. The molecule has 2 N–H and O–H groups in total. The number of carboxylic acids is 1. The second-order valence-corrected chi connectivity index (χ2v) is 6.67. The minimum absolute atomic E-state index is 0.337. The van der Waals surface area contributed by atoms with Crippen molar-refractivity contribution >= 4 is 33.3 Å². The van der Waals surface area contributed by atoms with Crippen LogP contribution in [0.5, 0.6) is 0 Å². The van der Waals surface area contributed by atoms with E-state index in [9.17, 15) is 19.1 Å². The van der Waals surface area contributed by atoms with Gasteiger partial charge in [0.05, 0.1) is 16.6 Å². The lowest BCUT2D eigenvalue weighted by Gasteiger charge is -2.24. The Morgan fingerprint density at radius 1 is 1.26 bits per heavy atom. The number of rotatable bonds is 4. The lowest BCUT2D eigenvalue weighted by atomic mass is 9.79. The molecule has 0 bridgehead atoms. The Balaban J connectivity index is 2.24. The van der Waals surface area contributed by atoms with E-state index in [1.807, 2.05) is 13.8 Å². The number of H-pyrrole nitrogens is 1. The van der Waals surface area contributed by atoms with Crippen LogP contribution < -0.4 is 5.56 Å². The zero-order valence-electron chi connectivity index (χ0n) is 14.9. The van der Waals surface area contributed by atoms with E-state index in [0.717, 1.165) is 0 Å². The minimum atomic E-state index is -1.12. The highest BCUT2D eigenvalue weighted by atomic mass is 19.1. The maximum Gasteiger partial charge on any atom is 0.315 e. The van der Waals surface area contributed by atoms with Crippen LogP contribution in [0.15, 0.2) is 41.5 Å². The van der Waals surface area contributed by atoms with Gasteiger partial charge in [-0.1, -0.05) is 13.8 Å². The van der Waals surface area contributed by atoms with Gasteiger partial charge >= 0.3 is 5.97 Å². The first-order chi connectivity index (χ1) is 12.9. The van der Waals surface area contributed by atoms with E-state index in [1.54, 1.807) is 22.7 Å². The molecule has 0 saturated heterocycles. The third-order valence-electron chi connectivity index (χ3n) is 5.50. The average molecular weight is 367 g/mol. The van der Waals surface area contributed by atoms with E-state index in [2.05, 4.69) is 9.97 Å². The number of carboxylic acid groups (broad SMARTS) is 1. The fourth-order valence-electron chi connectivity index (χ4n) is 3.86. The molecule has 0 saturated carbocycles. The van der Waals surface area contributed by atoms with Gasteiger partial charge in [0.25, 0.3) is 5.56 Å². The summed E-state index contributed by atoms with van der Waals surface area (Å²) in [5.74, 6) is -1.39. The summed E-state index contributed by atoms with van der Waals surface area (Å²) >= 11 is 0. The van der Waals surface area contributed by atoms with Crippen molar-refractivity contribution in [3.8, 4) is 0 Å². The van der Waals surface area contributed by atoms with Gasteiger partial charge in [0.1, 0.15) is 16.9 Å². The van der Waals surface area contributed by atoms with Gasteiger partial charge in [-0.2, -0.15) is 0 Å². The highest BCUT2D eigenvalue weighted by Gasteiger charge is 2.39. The van der Waals surface area contributed by atoms with Gasteiger partial charge in [0.2, 0.25) is 0 Å². The summed E-state index contributed by atoms with van der Waals surface area (Å²) in [6, 6.07) is 5.90.